The summed E-state index contributed by atoms with van der Waals surface area (Å²) in [5.41, 5.74) is -0.0727. The number of likely N-dealkylation sites (tertiary alicyclic amines) is 1. The lowest BCUT2D eigenvalue weighted by Gasteiger charge is -2.46. The van der Waals surface area contributed by atoms with Gasteiger partial charge in [0.05, 0.1) is 25.9 Å². The average molecular weight is 336 g/mol. The molecule has 0 radical (unpaired) electrons. The Bertz CT molecular complexity index is 599. The molecule has 2 aliphatic rings. The van der Waals surface area contributed by atoms with Crippen LogP contribution in [-0.4, -0.2) is 66.5 Å². The van der Waals surface area contributed by atoms with Gasteiger partial charge in [0.1, 0.15) is 5.56 Å². The predicted octanol–water partition coefficient (Wildman–Crippen LogP) is 1.24. The molecular formula is C17H24N2O5. The van der Waals surface area contributed by atoms with Gasteiger partial charge in [0.2, 0.25) is 11.8 Å². The third-order valence-electron chi connectivity index (χ3n) is 4.98. The zero-order chi connectivity index (χ0) is 17.2. The molecule has 3 heterocycles. The molecule has 3 rings (SSSR count). The van der Waals surface area contributed by atoms with Crippen LogP contribution in [0.5, 0.6) is 11.8 Å². The number of pyridine rings is 1. The Morgan fingerprint density at radius 3 is 2.71 bits per heavy atom. The molecule has 24 heavy (non-hydrogen) atoms. The molecule has 1 N–H and O–H groups in total. The van der Waals surface area contributed by atoms with Gasteiger partial charge in [-0.1, -0.05) is 0 Å². The molecule has 2 fully saturated rings. The van der Waals surface area contributed by atoms with E-state index in [4.69, 9.17) is 14.2 Å². The number of rotatable bonds is 3. The van der Waals surface area contributed by atoms with Crippen LogP contribution in [0.2, 0.25) is 0 Å². The normalized spacial score (nSPS) is 23.1. The summed E-state index contributed by atoms with van der Waals surface area (Å²) in [6.45, 7) is 1.78. The maximum absolute atomic E-state index is 12.8. The van der Waals surface area contributed by atoms with E-state index in [0.717, 1.165) is 12.8 Å². The van der Waals surface area contributed by atoms with E-state index in [0.29, 0.717) is 44.0 Å². The number of aliphatic hydroxyl groups excluding tert-OH is 1. The molecule has 2 aliphatic heterocycles. The largest absolute Gasteiger partial charge is 0.481 e. The standard InChI is InChI=1S/C17H24N2O5/c1-22-14-6-5-12(15(18-14)23-2)16(21)19-9-7-17(8-10-19)13(20)4-3-11-24-17/h5-6,13,20H,3-4,7-11H2,1-2H3/t13-/m1/s1. The first kappa shape index (κ1) is 17.0. The highest BCUT2D eigenvalue weighted by molar-refractivity contribution is 5.96. The number of piperidine rings is 1. The number of hydrogen-bond donors (Lipinski definition) is 1. The molecule has 0 saturated carbocycles. The van der Waals surface area contributed by atoms with Crippen LogP contribution in [0.3, 0.4) is 0 Å². The fraction of sp³-hybridized carbons (Fsp3) is 0.647. The number of aromatic nitrogens is 1. The van der Waals surface area contributed by atoms with Crippen LogP contribution in [0, 0.1) is 0 Å². The molecule has 0 aliphatic carbocycles. The summed E-state index contributed by atoms with van der Waals surface area (Å²) in [5, 5.41) is 10.3. The number of hydrogen-bond acceptors (Lipinski definition) is 6. The van der Waals surface area contributed by atoms with Crippen molar-refractivity contribution in [3.63, 3.8) is 0 Å². The molecule has 1 spiro atoms. The minimum atomic E-state index is -0.489. The highest BCUT2D eigenvalue weighted by atomic mass is 16.5. The third-order valence-corrected chi connectivity index (χ3v) is 4.98. The van der Waals surface area contributed by atoms with E-state index < -0.39 is 11.7 Å². The van der Waals surface area contributed by atoms with Gasteiger partial charge in [-0.25, -0.2) is 0 Å². The third kappa shape index (κ3) is 3.06. The van der Waals surface area contributed by atoms with Gasteiger partial charge in [-0.3, -0.25) is 4.79 Å². The molecular weight excluding hydrogens is 312 g/mol. The number of carbonyl (C=O) groups is 1. The maximum atomic E-state index is 12.8. The van der Waals surface area contributed by atoms with E-state index >= 15 is 0 Å². The zero-order valence-electron chi connectivity index (χ0n) is 14.2. The van der Waals surface area contributed by atoms with E-state index in [1.54, 1.807) is 17.0 Å². The molecule has 1 aromatic heterocycles. The number of amides is 1. The summed E-state index contributed by atoms with van der Waals surface area (Å²) < 4.78 is 16.2. The van der Waals surface area contributed by atoms with Crippen molar-refractivity contribution >= 4 is 5.91 Å². The Hall–Kier alpha value is -1.86. The van der Waals surface area contributed by atoms with Gasteiger partial charge >= 0.3 is 0 Å². The molecule has 2 saturated heterocycles. The Kier molecular flexibility index (Phi) is 4.91. The minimum absolute atomic E-state index is 0.123. The Balaban J connectivity index is 1.71. The minimum Gasteiger partial charge on any atom is -0.481 e. The van der Waals surface area contributed by atoms with Crippen LogP contribution in [0.1, 0.15) is 36.0 Å². The van der Waals surface area contributed by atoms with Gasteiger partial charge in [-0.2, -0.15) is 4.98 Å². The molecule has 0 aromatic carbocycles. The molecule has 1 aromatic rings. The molecule has 132 valence electrons. The lowest BCUT2D eigenvalue weighted by Crippen LogP contribution is -2.56. The topological polar surface area (TPSA) is 81.1 Å². The maximum Gasteiger partial charge on any atom is 0.259 e. The number of ether oxygens (including phenoxy) is 3. The van der Waals surface area contributed by atoms with Gasteiger partial charge in [0.25, 0.3) is 5.91 Å². The lowest BCUT2D eigenvalue weighted by atomic mass is 9.82. The first-order valence-corrected chi connectivity index (χ1v) is 8.30. The molecule has 7 heteroatoms. The van der Waals surface area contributed by atoms with Gasteiger partial charge < -0.3 is 24.2 Å². The van der Waals surface area contributed by atoms with Crippen molar-refractivity contribution in [1.82, 2.24) is 9.88 Å². The van der Waals surface area contributed by atoms with E-state index in [2.05, 4.69) is 4.98 Å². The Morgan fingerprint density at radius 1 is 1.33 bits per heavy atom. The van der Waals surface area contributed by atoms with Crippen molar-refractivity contribution in [3.8, 4) is 11.8 Å². The SMILES string of the molecule is COc1ccc(C(=O)N2CCC3(CC2)OCCC[C@H]3O)c(OC)n1. The van der Waals surface area contributed by atoms with Crippen molar-refractivity contribution in [2.45, 2.75) is 37.4 Å². The lowest BCUT2D eigenvalue weighted by molar-refractivity contribution is -0.174. The molecule has 1 atom stereocenters. The number of nitrogens with zero attached hydrogens (tertiary/aromatic N) is 2. The van der Waals surface area contributed by atoms with Crippen molar-refractivity contribution < 1.29 is 24.1 Å². The summed E-state index contributed by atoms with van der Waals surface area (Å²) in [4.78, 5) is 18.7. The van der Waals surface area contributed by atoms with Crippen LogP contribution in [0.15, 0.2) is 12.1 Å². The molecule has 1 amide bonds. The van der Waals surface area contributed by atoms with Gasteiger partial charge in [-0.15, -0.1) is 0 Å². The first-order valence-electron chi connectivity index (χ1n) is 8.30. The summed E-state index contributed by atoms with van der Waals surface area (Å²) in [6.07, 6.45) is 2.50. The van der Waals surface area contributed by atoms with Crippen LogP contribution in [0.4, 0.5) is 0 Å². The highest BCUT2D eigenvalue weighted by Gasteiger charge is 2.44. The number of carbonyl (C=O) groups excluding carboxylic acids is 1. The summed E-state index contributed by atoms with van der Waals surface area (Å²) >= 11 is 0. The smallest absolute Gasteiger partial charge is 0.259 e. The molecule has 0 bridgehead atoms. The fourth-order valence-electron chi connectivity index (χ4n) is 3.50. The summed E-state index contributed by atoms with van der Waals surface area (Å²) in [7, 11) is 3.00. The van der Waals surface area contributed by atoms with Gasteiger partial charge in [-0.05, 0) is 31.7 Å². The van der Waals surface area contributed by atoms with E-state index in [1.807, 2.05) is 0 Å². The van der Waals surface area contributed by atoms with Crippen LogP contribution < -0.4 is 9.47 Å². The predicted molar refractivity (Wildman–Crippen MR) is 86.4 cm³/mol. The van der Waals surface area contributed by atoms with Gasteiger partial charge in [0, 0.05) is 25.8 Å². The van der Waals surface area contributed by atoms with Crippen LogP contribution in [-0.2, 0) is 4.74 Å². The van der Waals surface area contributed by atoms with E-state index in [1.165, 1.54) is 14.2 Å². The Morgan fingerprint density at radius 2 is 2.08 bits per heavy atom. The Labute approximate surface area is 141 Å². The number of methoxy groups -OCH3 is 2. The average Bonchev–Trinajstić information content (AvgIpc) is 2.63. The monoisotopic (exact) mass is 336 g/mol. The van der Waals surface area contributed by atoms with Gasteiger partial charge in [0.15, 0.2) is 0 Å². The quantitative estimate of drug-likeness (QED) is 0.894. The van der Waals surface area contributed by atoms with E-state index in [9.17, 15) is 9.90 Å². The fourth-order valence-corrected chi connectivity index (χ4v) is 3.50. The first-order chi connectivity index (χ1) is 11.6. The second-order valence-corrected chi connectivity index (χ2v) is 6.27. The highest BCUT2D eigenvalue weighted by Crippen LogP contribution is 2.36. The molecule has 7 nitrogen and oxygen atoms in total. The summed E-state index contributed by atoms with van der Waals surface area (Å²) in [5.74, 6) is 0.537. The second-order valence-electron chi connectivity index (χ2n) is 6.27. The van der Waals surface area contributed by atoms with Crippen molar-refractivity contribution in [1.29, 1.82) is 0 Å². The summed E-state index contributed by atoms with van der Waals surface area (Å²) in [6, 6.07) is 3.32. The van der Waals surface area contributed by atoms with Crippen molar-refractivity contribution in [3.05, 3.63) is 17.7 Å². The van der Waals surface area contributed by atoms with Crippen LogP contribution in [0.25, 0.3) is 0 Å². The zero-order valence-corrected chi connectivity index (χ0v) is 14.2. The number of aliphatic hydroxyl groups is 1. The van der Waals surface area contributed by atoms with E-state index in [-0.39, 0.29) is 11.8 Å². The van der Waals surface area contributed by atoms with Crippen LogP contribution >= 0.6 is 0 Å². The van der Waals surface area contributed by atoms with Crippen molar-refractivity contribution in [2.75, 3.05) is 33.9 Å². The van der Waals surface area contributed by atoms with Crippen molar-refractivity contribution in [2.24, 2.45) is 0 Å². The second kappa shape index (κ2) is 6.94. The molecule has 0 unspecified atom stereocenters.